The lowest BCUT2D eigenvalue weighted by atomic mass is 10.2. The van der Waals surface area contributed by atoms with E-state index in [9.17, 15) is 4.79 Å². The van der Waals surface area contributed by atoms with Gasteiger partial charge in [0.05, 0.1) is 12.8 Å². The molecule has 2 rings (SSSR count). The summed E-state index contributed by atoms with van der Waals surface area (Å²) in [5.41, 5.74) is 0.697. The molecule has 0 aromatic heterocycles. The van der Waals surface area contributed by atoms with Crippen LogP contribution < -0.4 is 9.64 Å². The molecule has 1 aromatic carbocycles. The summed E-state index contributed by atoms with van der Waals surface area (Å²) in [6, 6.07) is 5.40. The van der Waals surface area contributed by atoms with Crippen LogP contribution in [0.4, 0.5) is 5.69 Å². The summed E-state index contributed by atoms with van der Waals surface area (Å²) >= 11 is 10.5. The Hall–Kier alpha value is -0.870. The zero-order valence-corrected chi connectivity index (χ0v) is 10.5. The number of ether oxygens (including phenoxy) is 1. The number of nitrogens with zero attached hydrogens (tertiary/aromatic N) is 1. The van der Waals surface area contributed by atoms with Gasteiger partial charge >= 0.3 is 0 Å². The summed E-state index contributed by atoms with van der Waals surface area (Å²) in [5, 5.41) is 0.551. The van der Waals surface area contributed by atoms with Crippen LogP contribution in [0.15, 0.2) is 18.2 Å². The molecule has 1 heterocycles. The number of hydrogen-bond acceptors (Lipinski definition) is 3. The zero-order valence-electron chi connectivity index (χ0n) is 8.81. The third-order valence-electron chi connectivity index (χ3n) is 2.56. The molecule has 1 unspecified atom stereocenters. The number of carbonyl (C=O) groups excluding carboxylic acids is 1. The number of carbonyl (C=O) groups is 1. The van der Waals surface area contributed by atoms with Crippen molar-refractivity contribution in [2.75, 3.05) is 18.6 Å². The Morgan fingerprint density at radius 3 is 2.88 bits per heavy atom. The second-order valence-electron chi connectivity index (χ2n) is 3.66. The Labute approximate surface area is 105 Å². The van der Waals surface area contributed by atoms with E-state index in [1.54, 1.807) is 18.1 Å². The number of methoxy groups -OCH3 is 1. The van der Waals surface area contributed by atoms with Gasteiger partial charge in [0.1, 0.15) is 10.8 Å². The van der Waals surface area contributed by atoms with Gasteiger partial charge in [-0.05, 0) is 12.1 Å². The third kappa shape index (κ3) is 1.99. The Balaban J connectivity index is 2.37. The van der Waals surface area contributed by atoms with Crippen LogP contribution in [0.25, 0.3) is 0 Å². The van der Waals surface area contributed by atoms with Gasteiger partial charge < -0.3 is 9.64 Å². The molecule has 1 fully saturated rings. The molecule has 0 aliphatic carbocycles. The fourth-order valence-corrected chi connectivity index (χ4v) is 2.41. The monoisotopic (exact) mass is 257 g/mol. The maximum Gasteiger partial charge on any atom is 0.228 e. The highest BCUT2D eigenvalue weighted by Gasteiger charge is 2.30. The van der Waals surface area contributed by atoms with Crippen molar-refractivity contribution < 1.29 is 9.53 Å². The predicted octanol–water partition coefficient (Wildman–Crippen LogP) is 2.38. The number of amides is 1. The van der Waals surface area contributed by atoms with E-state index in [2.05, 4.69) is 12.6 Å². The molecule has 0 N–H and O–H groups in total. The Bertz CT molecular complexity index is 424. The van der Waals surface area contributed by atoms with Crippen molar-refractivity contribution in [2.45, 2.75) is 11.7 Å². The van der Waals surface area contributed by atoms with Gasteiger partial charge in [0.2, 0.25) is 5.91 Å². The molecular weight excluding hydrogens is 246 g/mol. The molecule has 1 aromatic rings. The number of thiol groups is 1. The first kappa shape index (κ1) is 11.6. The summed E-state index contributed by atoms with van der Waals surface area (Å²) in [7, 11) is 1.55. The maximum atomic E-state index is 11.7. The number of hydrogen-bond donors (Lipinski definition) is 1. The van der Waals surface area contributed by atoms with E-state index >= 15 is 0 Å². The van der Waals surface area contributed by atoms with Crippen molar-refractivity contribution in [3.63, 3.8) is 0 Å². The second-order valence-corrected chi connectivity index (χ2v) is 4.76. The molecule has 0 radical (unpaired) electrons. The van der Waals surface area contributed by atoms with Crippen molar-refractivity contribution in [1.82, 2.24) is 0 Å². The van der Waals surface area contributed by atoms with Crippen molar-refractivity contribution in [3.05, 3.63) is 23.2 Å². The average molecular weight is 258 g/mol. The van der Waals surface area contributed by atoms with E-state index in [1.165, 1.54) is 0 Å². The van der Waals surface area contributed by atoms with Gasteiger partial charge in [0.25, 0.3) is 0 Å². The van der Waals surface area contributed by atoms with Gasteiger partial charge in [-0.15, -0.1) is 0 Å². The molecule has 3 nitrogen and oxygen atoms in total. The van der Waals surface area contributed by atoms with E-state index in [0.29, 0.717) is 29.4 Å². The summed E-state index contributed by atoms with van der Waals surface area (Å²) in [4.78, 5) is 13.4. The SMILES string of the molecule is COc1cccc(N2CC(S)CC2=O)c1Cl. The van der Waals surface area contributed by atoms with Gasteiger partial charge in [-0.2, -0.15) is 12.6 Å². The molecule has 0 saturated carbocycles. The summed E-state index contributed by atoms with van der Waals surface area (Å²) in [6.07, 6.45) is 0.455. The predicted molar refractivity (Wildman–Crippen MR) is 67.7 cm³/mol. The first-order chi connectivity index (χ1) is 7.63. The lowest BCUT2D eigenvalue weighted by molar-refractivity contribution is -0.117. The standard InChI is InChI=1S/C11H12ClNO2S/c1-15-9-4-2-3-8(11(9)12)13-6-7(16)5-10(13)14/h2-4,7,16H,5-6H2,1H3. The summed E-state index contributed by atoms with van der Waals surface area (Å²) in [5.74, 6) is 0.629. The van der Waals surface area contributed by atoms with Crippen LogP contribution in [0.1, 0.15) is 6.42 Å². The topological polar surface area (TPSA) is 29.5 Å². The molecule has 1 aliphatic heterocycles. The van der Waals surface area contributed by atoms with E-state index in [-0.39, 0.29) is 11.2 Å². The number of anilines is 1. The average Bonchev–Trinajstić information content (AvgIpc) is 2.58. The largest absolute Gasteiger partial charge is 0.495 e. The van der Waals surface area contributed by atoms with Crippen molar-refractivity contribution in [2.24, 2.45) is 0 Å². The molecule has 86 valence electrons. The molecule has 1 amide bonds. The van der Waals surface area contributed by atoms with Gasteiger partial charge in [0, 0.05) is 18.2 Å². The lowest BCUT2D eigenvalue weighted by Crippen LogP contribution is -2.24. The van der Waals surface area contributed by atoms with E-state index < -0.39 is 0 Å². The molecule has 1 aliphatic rings. The fourth-order valence-electron chi connectivity index (χ4n) is 1.79. The number of benzene rings is 1. The van der Waals surface area contributed by atoms with Crippen molar-refractivity contribution >= 4 is 35.8 Å². The maximum absolute atomic E-state index is 11.7. The normalized spacial score (nSPS) is 20.3. The van der Waals surface area contributed by atoms with Gasteiger partial charge in [-0.1, -0.05) is 17.7 Å². The molecule has 0 bridgehead atoms. The molecule has 16 heavy (non-hydrogen) atoms. The van der Waals surface area contributed by atoms with E-state index in [0.717, 1.165) is 0 Å². The van der Waals surface area contributed by atoms with Crippen LogP contribution in [0.5, 0.6) is 5.75 Å². The Kier molecular flexibility index (Phi) is 3.30. The highest BCUT2D eigenvalue weighted by atomic mass is 35.5. The van der Waals surface area contributed by atoms with E-state index in [1.807, 2.05) is 12.1 Å². The molecule has 1 atom stereocenters. The molecular formula is C11H12ClNO2S. The van der Waals surface area contributed by atoms with Crippen LogP contribution in [0.2, 0.25) is 5.02 Å². The second kappa shape index (κ2) is 4.55. The highest BCUT2D eigenvalue weighted by Crippen LogP contribution is 2.36. The molecule has 1 saturated heterocycles. The van der Waals surface area contributed by atoms with Gasteiger partial charge in [-0.25, -0.2) is 0 Å². The van der Waals surface area contributed by atoms with Crippen LogP contribution in [0, 0.1) is 0 Å². The zero-order chi connectivity index (χ0) is 11.7. The van der Waals surface area contributed by atoms with Gasteiger partial charge in [0.15, 0.2) is 0 Å². The minimum absolute atomic E-state index is 0.0511. The molecule has 5 heteroatoms. The molecule has 0 spiro atoms. The van der Waals surface area contributed by atoms with Crippen LogP contribution in [-0.2, 0) is 4.79 Å². The quantitative estimate of drug-likeness (QED) is 0.825. The van der Waals surface area contributed by atoms with Crippen LogP contribution in [0.3, 0.4) is 0 Å². The Morgan fingerprint density at radius 1 is 1.56 bits per heavy atom. The van der Waals surface area contributed by atoms with E-state index in [4.69, 9.17) is 16.3 Å². The van der Waals surface area contributed by atoms with Crippen molar-refractivity contribution in [1.29, 1.82) is 0 Å². The first-order valence-electron chi connectivity index (χ1n) is 4.94. The first-order valence-corrected chi connectivity index (χ1v) is 5.84. The van der Waals surface area contributed by atoms with Crippen molar-refractivity contribution in [3.8, 4) is 5.75 Å². The summed E-state index contributed by atoms with van der Waals surface area (Å²) < 4.78 is 5.12. The lowest BCUT2D eigenvalue weighted by Gasteiger charge is -2.18. The van der Waals surface area contributed by atoms with Crippen LogP contribution in [-0.4, -0.2) is 24.8 Å². The third-order valence-corrected chi connectivity index (χ3v) is 3.28. The Morgan fingerprint density at radius 2 is 2.31 bits per heavy atom. The smallest absolute Gasteiger partial charge is 0.228 e. The highest BCUT2D eigenvalue weighted by molar-refractivity contribution is 7.81. The summed E-state index contributed by atoms with van der Waals surface area (Å²) in [6.45, 7) is 0.592. The number of halogens is 1. The van der Waals surface area contributed by atoms with Gasteiger partial charge in [-0.3, -0.25) is 4.79 Å². The minimum atomic E-state index is 0.0511. The van der Waals surface area contributed by atoms with Crippen LogP contribution >= 0.6 is 24.2 Å². The minimum Gasteiger partial charge on any atom is -0.495 e. The fraction of sp³-hybridized carbons (Fsp3) is 0.364. The number of rotatable bonds is 2.